The molecule has 1 saturated heterocycles. The van der Waals surface area contributed by atoms with Gasteiger partial charge < -0.3 is 5.32 Å². The highest BCUT2D eigenvalue weighted by Crippen LogP contribution is 2.25. The number of nitrogens with one attached hydrogen (secondary N) is 1. The maximum absolute atomic E-state index is 12.6. The first-order valence-electron chi connectivity index (χ1n) is 10.1. The monoisotopic (exact) mass is 451 g/mol. The summed E-state index contributed by atoms with van der Waals surface area (Å²) in [4.78, 5) is 15.0. The molecule has 8 nitrogen and oxygen atoms in total. The van der Waals surface area contributed by atoms with Crippen LogP contribution >= 0.6 is 23.5 Å². The highest BCUT2D eigenvalue weighted by atomic mass is 32.2. The number of likely N-dealkylation sites (tertiary alicyclic amines) is 1. The Balaban J connectivity index is 1.33. The normalized spacial score (nSPS) is 14.3. The molecule has 1 aliphatic rings. The average molecular weight is 452 g/mol. The van der Waals surface area contributed by atoms with Gasteiger partial charge in [0.1, 0.15) is 11.0 Å². The molecule has 0 bridgehead atoms. The van der Waals surface area contributed by atoms with E-state index in [0.29, 0.717) is 16.4 Å². The molecule has 31 heavy (non-hydrogen) atoms. The van der Waals surface area contributed by atoms with Gasteiger partial charge in [-0.15, -0.1) is 10.2 Å². The number of carbonyl (C=O) groups excluding carboxylic acids is 1. The number of nitrogens with zero attached hydrogens (tertiary/aromatic N) is 6. The number of fused-ring (bicyclic) bond motifs is 1. The molecule has 10 heteroatoms. The van der Waals surface area contributed by atoms with Crippen LogP contribution in [-0.2, 0) is 11.3 Å². The van der Waals surface area contributed by atoms with Crippen LogP contribution < -0.4 is 5.32 Å². The largest absolute Gasteiger partial charge is 0.323 e. The summed E-state index contributed by atoms with van der Waals surface area (Å²) >= 11 is 2.52. The number of thioether (sulfide) groups is 1. The van der Waals surface area contributed by atoms with Crippen molar-refractivity contribution in [2.75, 3.05) is 24.2 Å². The fourth-order valence-electron chi connectivity index (χ4n) is 3.70. The predicted molar refractivity (Wildman–Crippen MR) is 123 cm³/mol. The Kier molecular flexibility index (Phi) is 5.92. The Hall–Kier alpha value is -2.82. The minimum absolute atomic E-state index is 0.116. The standard InChI is InChI=1S/C21H21N7OS2/c29-19(22-16-9-6-10-17-20(16)26-31-25-17)14-30-21-24-23-18(13-27-11-4-5-12-27)28(21)15-7-2-1-3-8-15/h1-3,6-10H,4-5,11-14H2,(H,22,29). The van der Waals surface area contributed by atoms with Gasteiger partial charge in [0.15, 0.2) is 11.0 Å². The van der Waals surface area contributed by atoms with Crippen LogP contribution in [0.25, 0.3) is 16.7 Å². The summed E-state index contributed by atoms with van der Waals surface area (Å²) in [5.41, 5.74) is 3.18. The Morgan fingerprint density at radius 1 is 1.03 bits per heavy atom. The second-order valence-corrected chi connectivity index (χ2v) is 8.80. The highest BCUT2D eigenvalue weighted by Gasteiger charge is 2.20. The first-order chi connectivity index (χ1) is 15.3. The van der Waals surface area contributed by atoms with Gasteiger partial charge in [0.25, 0.3) is 0 Å². The molecule has 1 N–H and O–H groups in total. The number of amides is 1. The van der Waals surface area contributed by atoms with Gasteiger partial charge in [0, 0.05) is 5.69 Å². The minimum atomic E-state index is -0.116. The fraction of sp³-hybridized carbons (Fsp3) is 0.286. The quantitative estimate of drug-likeness (QED) is 0.430. The van der Waals surface area contributed by atoms with Gasteiger partial charge in [-0.25, -0.2) is 0 Å². The molecule has 0 saturated carbocycles. The molecular weight excluding hydrogens is 430 g/mol. The van der Waals surface area contributed by atoms with Gasteiger partial charge in [-0.05, 0) is 50.2 Å². The smallest absolute Gasteiger partial charge is 0.234 e. The van der Waals surface area contributed by atoms with Crippen LogP contribution in [0.3, 0.4) is 0 Å². The molecule has 158 valence electrons. The summed E-state index contributed by atoms with van der Waals surface area (Å²) in [5.74, 6) is 1.01. The zero-order chi connectivity index (χ0) is 21.0. The molecule has 0 spiro atoms. The van der Waals surface area contributed by atoms with E-state index in [1.165, 1.54) is 24.6 Å². The van der Waals surface area contributed by atoms with Gasteiger partial charge >= 0.3 is 0 Å². The number of anilines is 1. The summed E-state index contributed by atoms with van der Waals surface area (Å²) < 4.78 is 10.5. The first kappa shape index (κ1) is 20.1. The van der Waals surface area contributed by atoms with Crippen molar-refractivity contribution >= 4 is 46.1 Å². The van der Waals surface area contributed by atoms with Gasteiger partial charge in [0.05, 0.1) is 29.7 Å². The lowest BCUT2D eigenvalue weighted by Crippen LogP contribution is -2.21. The molecule has 3 heterocycles. The van der Waals surface area contributed by atoms with Crippen molar-refractivity contribution in [2.24, 2.45) is 0 Å². The van der Waals surface area contributed by atoms with E-state index in [-0.39, 0.29) is 11.7 Å². The lowest BCUT2D eigenvalue weighted by molar-refractivity contribution is -0.113. The van der Waals surface area contributed by atoms with E-state index in [2.05, 4.69) is 33.7 Å². The zero-order valence-corrected chi connectivity index (χ0v) is 18.4. The van der Waals surface area contributed by atoms with Crippen LogP contribution in [0.2, 0.25) is 0 Å². The van der Waals surface area contributed by atoms with Gasteiger partial charge in [-0.2, -0.15) is 8.75 Å². The van der Waals surface area contributed by atoms with Crippen LogP contribution in [-0.4, -0.2) is 53.2 Å². The molecule has 0 radical (unpaired) electrons. The molecular formula is C21H21N7OS2. The van der Waals surface area contributed by atoms with Crippen molar-refractivity contribution < 1.29 is 4.79 Å². The molecule has 0 unspecified atom stereocenters. The van der Waals surface area contributed by atoms with E-state index in [1.807, 2.05) is 48.5 Å². The zero-order valence-electron chi connectivity index (χ0n) is 16.8. The molecule has 1 fully saturated rings. The number of hydrogen-bond acceptors (Lipinski definition) is 8. The fourth-order valence-corrected chi connectivity index (χ4v) is 5.02. The van der Waals surface area contributed by atoms with Crippen LogP contribution in [0.5, 0.6) is 0 Å². The molecule has 2 aromatic carbocycles. The number of para-hydroxylation sites is 1. The Morgan fingerprint density at radius 2 is 1.87 bits per heavy atom. The lowest BCUT2D eigenvalue weighted by atomic mass is 10.2. The van der Waals surface area contributed by atoms with Crippen LogP contribution in [0.4, 0.5) is 5.69 Å². The summed E-state index contributed by atoms with van der Waals surface area (Å²) in [5, 5.41) is 12.5. The first-order valence-corrected chi connectivity index (χ1v) is 11.9. The Bertz CT molecular complexity index is 1180. The van der Waals surface area contributed by atoms with Crippen molar-refractivity contribution in [1.29, 1.82) is 0 Å². The SMILES string of the molecule is O=C(CSc1nnc(CN2CCCC2)n1-c1ccccc1)Nc1cccc2nsnc12. The van der Waals surface area contributed by atoms with Crippen molar-refractivity contribution in [3.8, 4) is 5.69 Å². The average Bonchev–Trinajstić information content (AvgIpc) is 3.55. The summed E-state index contributed by atoms with van der Waals surface area (Å²) in [6, 6.07) is 15.6. The molecule has 2 aromatic heterocycles. The minimum Gasteiger partial charge on any atom is -0.323 e. The third-order valence-electron chi connectivity index (χ3n) is 5.17. The Morgan fingerprint density at radius 3 is 2.71 bits per heavy atom. The second-order valence-electron chi connectivity index (χ2n) is 7.33. The number of aromatic nitrogens is 5. The third kappa shape index (κ3) is 4.46. The van der Waals surface area contributed by atoms with Gasteiger partial charge in [-0.3, -0.25) is 14.3 Å². The maximum atomic E-state index is 12.6. The number of carbonyl (C=O) groups is 1. The predicted octanol–water partition coefficient (Wildman–Crippen LogP) is 3.60. The highest BCUT2D eigenvalue weighted by molar-refractivity contribution is 7.99. The molecule has 0 aliphatic carbocycles. The summed E-state index contributed by atoms with van der Waals surface area (Å²) in [6.07, 6.45) is 2.45. The van der Waals surface area contributed by atoms with E-state index in [0.717, 1.165) is 48.4 Å². The van der Waals surface area contributed by atoms with Gasteiger partial charge in [0.2, 0.25) is 5.91 Å². The van der Waals surface area contributed by atoms with Crippen LogP contribution in [0.15, 0.2) is 53.7 Å². The van der Waals surface area contributed by atoms with Crippen molar-refractivity contribution in [3.05, 3.63) is 54.4 Å². The van der Waals surface area contributed by atoms with E-state index >= 15 is 0 Å². The summed E-state index contributed by atoms with van der Waals surface area (Å²) in [7, 11) is 0. The van der Waals surface area contributed by atoms with Crippen molar-refractivity contribution in [2.45, 2.75) is 24.5 Å². The third-order valence-corrected chi connectivity index (χ3v) is 6.64. The van der Waals surface area contributed by atoms with E-state index in [9.17, 15) is 4.79 Å². The molecule has 5 rings (SSSR count). The van der Waals surface area contributed by atoms with Crippen molar-refractivity contribution in [3.63, 3.8) is 0 Å². The number of benzene rings is 2. The van der Waals surface area contributed by atoms with E-state index < -0.39 is 0 Å². The molecule has 1 aliphatic heterocycles. The maximum Gasteiger partial charge on any atom is 0.234 e. The van der Waals surface area contributed by atoms with E-state index in [4.69, 9.17) is 0 Å². The second kappa shape index (κ2) is 9.13. The van der Waals surface area contributed by atoms with Crippen molar-refractivity contribution in [1.82, 2.24) is 28.4 Å². The molecule has 1 amide bonds. The Labute approximate surface area is 188 Å². The van der Waals surface area contributed by atoms with E-state index in [1.54, 1.807) is 0 Å². The van der Waals surface area contributed by atoms with Crippen LogP contribution in [0, 0.1) is 0 Å². The van der Waals surface area contributed by atoms with Crippen LogP contribution in [0.1, 0.15) is 18.7 Å². The molecule has 0 atom stereocenters. The summed E-state index contributed by atoms with van der Waals surface area (Å²) in [6.45, 7) is 2.93. The lowest BCUT2D eigenvalue weighted by Gasteiger charge is -2.16. The number of hydrogen-bond donors (Lipinski definition) is 1. The number of rotatable bonds is 7. The van der Waals surface area contributed by atoms with Gasteiger partial charge in [-0.1, -0.05) is 36.0 Å². The molecule has 4 aromatic rings. The topological polar surface area (TPSA) is 88.8 Å².